The van der Waals surface area contributed by atoms with Gasteiger partial charge >= 0.3 is 5.97 Å². The quantitative estimate of drug-likeness (QED) is 0.408. The van der Waals surface area contributed by atoms with E-state index in [9.17, 15) is 19.7 Å². The van der Waals surface area contributed by atoms with Gasteiger partial charge in [-0.25, -0.2) is 4.79 Å². The summed E-state index contributed by atoms with van der Waals surface area (Å²) in [6.07, 6.45) is 0. The number of nitrogens with zero attached hydrogens (tertiary/aromatic N) is 2. The largest absolute Gasteiger partial charge is 0.452 e. The number of ether oxygens (including phenoxy) is 1. The lowest BCUT2D eigenvalue weighted by molar-refractivity contribution is -0.384. The van der Waals surface area contributed by atoms with Gasteiger partial charge in [0.25, 0.3) is 11.6 Å². The van der Waals surface area contributed by atoms with E-state index in [1.807, 2.05) is 51.1 Å². The predicted octanol–water partition coefficient (Wildman–Crippen LogP) is 4.23. The van der Waals surface area contributed by atoms with Crippen molar-refractivity contribution in [1.29, 1.82) is 0 Å². The van der Waals surface area contributed by atoms with Crippen LogP contribution in [-0.2, 0) is 16.1 Å². The van der Waals surface area contributed by atoms with E-state index in [2.05, 4.69) is 0 Å². The number of rotatable bonds is 6. The van der Waals surface area contributed by atoms with E-state index in [1.54, 1.807) is 4.90 Å². The summed E-state index contributed by atoms with van der Waals surface area (Å²) in [5, 5.41) is 10.9. The molecule has 0 aliphatic carbocycles. The number of carbonyl (C=O) groups is 2. The summed E-state index contributed by atoms with van der Waals surface area (Å²) in [6, 6.07) is 13.1. The van der Waals surface area contributed by atoms with Crippen LogP contribution in [0.2, 0.25) is 5.02 Å². The Morgan fingerprint density at radius 2 is 1.79 bits per heavy atom. The van der Waals surface area contributed by atoms with Crippen molar-refractivity contribution in [2.24, 2.45) is 0 Å². The summed E-state index contributed by atoms with van der Waals surface area (Å²) >= 11 is 5.74. The van der Waals surface area contributed by atoms with Gasteiger partial charge in [-0.1, -0.05) is 41.9 Å². The van der Waals surface area contributed by atoms with Gasteiger partial charge in [0.05, 0.1) is 10.5 Å². The zero-order valence-electron chi connectivity index (χ0n) is 15.8. The van der Waals surface area contributed by atoms with Gasteiger partial charge in [-0.15, -0.1) is 0 Å². The lowest BCUT2D eigenvalue weighted by Crippen LogP contribution is -2.46. The molecule has 148 valence electrons. The molecule has 0 aliphatic heterocycles. The van der Waals surface area contributed by atoms with E-state index in [0.717, 1.165) is 11.6 Å². The highest BCUT2D eigenvalue weighted by Crippen LogP contribution is 2.25. The Balaban J connectivity index is 2.08. The van der Waals surface area contributed by atoms with Gasteiger partial charge in [0.2, 0.25) is 0 Å². The van der Waals surface area contributed by atoms with Crippen LogP contribution in [0.3, 0.4) is 0 Å². The monoisotopic (exact) mass is 404 g/mol. The summed E-state index contributed by atoms with van der Waals surface area (Å²) in [6.45, 7) is 5.56. The number of halogens is 1. The van der Waals surface area contributed by atoms with E-state index in [4.69, 9.17) is 16.3 Å². The summed E-state index contributed by atoms with van der Waals surface area (Å²) in [4.78, 5) is 36.8. The third kappa shape index (κ3) is 5.53. The number of nitro benzene ring substituents is 1. The zero-order chi connectivity index (χ0) is 20.9. The highest BCUT2D eigenvalue weighted by Gasteiger charge is 2.27. The van der Waals surface area contributed by atoms with Crippen molar-refractivity contribution in [3.8, 4) is 0 Å². The van der Waals surface area contributed by atoms with Crippen molar-refractivity contribution >= 4 is 29.2 Å². The molecule has 1 amide bonds. The Hall–Kier alpha value is -2.93. The Morgan fingerprint density at radius 1 is 1.14 bits per heavy atom. The number of hydrogen-bond donors (Lipinski definition) is 0. The lowest BCUT2D eigenvalue weighted by atomic mass is 10.0. The Morgan fingerprint density at radius 3 is 2.36 bits per heavy atom. The van der Waals surface area contributed by atoms with Crippen molar-refractivity contribution in [2.75, 3.05) is 6.61 Å². The minimum absolute atomic E-state index is 0.0470. The number of carbonyl (C=O) groups excluding carboxylic acids is 2. The van der Waals surface area contributed by atoms with Gasteiger partial charge in [-0.3, -0.25) is 14.9 Å². The van der Waals surface area contributed by atoms with Crippen LogP contribution in [0.4, 0.5) is 5.69 Å². The Kier molecular flexibility index (Phi) is 6.75. The van der Waals surface area contributed by atoms with Crippen LogP contribution in [0.15, 0.2) is 48.5 Å². The third-order valence-corrected chi connectivity index (χ3v) is 4.32. The molecule has 28 heavy (non-hydrogen) atoms. The molecule has 0 aliphatic rings. The highest BCUT2D eigenvalue weighted by molar-refractivity contribution is 6.32. The van der Waals surface area contributed by atoms with Gasteiger partial charge < -0.3 is 9.64 Å². The second-order valence-corrected chi connectivity index (χ2v) is 7.54. The third-order valence-electron chi connectivity index (χ3n) is 4.00. The first-order chi connectivity index (χ1) is 13.1. The summed E-state index contributed by atoms with van der Waals surface area (Å²) in [5.74, 6) is -1.20. The molecule has 0 saturated heterocycles. The first-order valence-electron chi connectivity index (χ1n) is 8.55. The van der Waals surface area contributed by atoms with Gasteiger partial charge in [0.1, 0.15) is 5.02 Å². The maximum atomic E-state index is 12.7. The first-order valence-corrected chi connectivity index (χ1v) is 8.93. The number of esters is 1. The SMILES string of the molecule is CC(C)(C)N(Cc1ccccc1)C(=O)COC(=O)c1ccc(Cl)c([N+](=O)[O-])c1. The average molecular weight is 405 g/mol. The zero-order valence-corrected chi connectivity index (χ0v) is 16.6. The normalized spacial score (nSPS) is 11.0. The number of nitro groups is 1. The molecule has 0 aromatic heterocycles. The first kappa shape index (κ1) is 21.4. The topological polar surface area (TPSA) is 89.8 Å². The molecule has 0 spiro atoms. The van der Waals surface area contributed by atoms with Crippen molar-refractivity contribution in [3.05, 3.63) is 74.8 Å². The molecule has 0 bridgehead atoms. The molecule has 2 aromatic rings. The standard InChI is InChI=1S/C20H21ClN2O5/c1-20(2,3)22(12-14-7-5-4-6-8-14)18(24)13-28-19(25)15-9-10-16(21)17(11-15)23(26)27/h4-11H,12-13H2,1-3H3. The smallest absolute Gasteiger partial charge is 0.338 e. The van der Waals surface area contributed by atoms with E-state index in [-0.39, 0.29) is 16.5 Å². The summed E-state index contributed by atoms with van der Waals surface area (Å²) < 4.78 is 5.08. The Labute approximate surface area is 168 Å². The highest BCUT2D eigenvalue weighted by atomic mass is 35.5. The van der Waals surface area contributed by atoms with Crippen molar-refractivity contribution < 1.29 is 19.2 Å². The maximum absolute atomic E-state index is 12.7. The molecule has 2 rings (SSSR count). The van der Waals surface area contributed by atoms with Crippen molar-refractivity contribution in [2.45, 2.75) is 32.9 Å². The lowest BCUT2D eigenvalue weighted by Gasteiger charge is -2.35. The van der Waals surface area contributed by atoms with E-state index in [1.165, 1.54) is 12.1 Å². The molecule has 0 unspecified atom stereocenters. The fourth-order valence-corrected chi connectivity index (χ4v) is 2.72. The van der Waals surface area contributed by atoms with Crippen LogP contribution in [0.5, 0.6) is 0 Å². The van der Waals surface area contributed by atoms with Crippen LogP contribution in [0, 0.1) is 10.1 Å². The summed E-state index contributed by atoms with van der Waals surface area (Å²) in [7, 11) is 0. The maximum Gasteiger partial charge on any atom is 0.338 e. The van der Waals surface area contributed by atoms with E-state index in [0.29, 0.717) is 6.54 Å². The average Bonchev–Trinajstić information content (AvgIpc) is 2.64. The van der Waals surface area contributed by atoms with Crippen LogP contribution in [-0.4, -0.2) is 33.8 Å². The van der Waals surface area contributed by atoms with Gasteiger partial charge in [0, 0.05) is 18.2 Å². The second kappa shape index (κ2) is 8.84. The molecule has 7 nitrogen and oxygen atoms in total. The van der Waals surface area contributed by atoms with Crippen LogP contribution in [0.1, 0.15) is 36.7 Å². The number of benzene rings is 2. The van der Waals surface area contributed by atoms with Crippen LogP contribution >= 0.6 is 11.6 Å². The van der Waals surface area contributed by atoms with Gasteiger partial charge in [0.15, 0.2) is 6.61 Å². The second-order valence-electron chi connectivity index (χ2n) is 7.14. The number of hydrogen-bond acceptors (Lipinski definition) is 5. The molecule has 0 atom stereocenters. The number of amides is 1. The fraction of sp³-hybridized carbons (Fsp3) is 0.300. The summed E-state index contributed by atoms with van der Waals surface area (Å²) in [5.41, 5.74) is 0.0146. The molecule has 0 heterocycles. The molecule has 0 radical (unpaired) electrons. The van der Waals surface area contributed by atoms with Crippen molar-refractivity contribution in [3.63, 3.8) is 0 Å². The van der Waals surface area contributed by atoms with Crippen LogP contribution < -0.4 is 0 Å². The van der Waals surface area contributed by atoms with Gasteiger partial charge in [-0.2, -0.15) is 0 Å². The molecular weight excluding hydrogens is 384 g/mol. The van der Waals surface area contributed by atoms with Crippen molar-refractivity contribution in [1.82, 2.24) is 4.90 Å². The van der Waals surface area contributed by atoms with Crippen LogP contribution in [0.25, 0.3) is 0 Å². The minimum Gasteiger partial charge on any atom is -0.452 e. The molecule has 8 heteroatoms. The van der Waals surface area contributed by atoms with Gasteiger partial charge in [-0.05, 0) is 38.5 Å². The Bertz CT molecular complexity index is 878. The molecule has 0 N–H and O–H groups in total. The van der Waals surface area contributed by atoms with E-state index >= 15 is 0 Å². The molecular formula is C20H21ClN2O5. The predicted molar refractivity (Wildman–Crippen MR) is 105 cm³/mol. The molecule has 2 aromatic carbocycles. The minimum atomic E-state index is -0.832. The van der Waals surface area contributed by atoms with E-state index < -0.39 is 28.7 Å². The fourth-order valence-electron chi connectivity index (χ4n) is 2.53. The molecule has 0 fully saturated rings. The molecule has 0 saturated carbocycles.